The average Bonchev–Trinajstić information content (AvgIpc) is 3.43. The van der Waals surface area contributed by atoms with E-state index >= 15 is 0 Å². The van der Waals surface area contributed by atoms with Crippen LogP contribution in [0.1, 0.15) is 12.8 Å². The molecule has 0 radical (unpaired) electrons. The number of aromatic nitrogens is 1. The van der Waals surface area contributed by atoms with Crippen molar-refractivity contribution < 1.29 is 22.7 Å². The molecule has 0 aliphatic carbocycles. The molecular formula is C22H24BrN3O5S2. The van der Waals surface area contributed by atoms with Crippen molar-refractivity contribution in [3.05, 3.63) is 51.7 Å². The van der Waals surface area contributed by atoms with E-state index in [9.17, 15) is 13.2 Å². The van der Waals surface area contributed by atoms with Crippen LogP contribution in [0.3, 0.4) is 0 Å². The Balaban J connectivity index is 1.69. The smallest absolute Gasteiger partial charge is 0.266 e. The van der Waals surface area contributed by atoms with Crippen molar-refractivity contribution in [2.75, 3.05) is 27.4 Å². The van der Waals surface area contributed by atoms with Crippen molar-refractivity contribution in [2.45, 2.75) is 30.3 Å². The van der Waals surface area contributed by atoms with Crippen molar-refractivity contribution >= 4 is 53.4 Å². The van der Waals surface area contributed by atoms with Crippen molar-refractivity contribution in [3.8, 4) is 5.75 Å². The summed E-state index contributed by atoms with van der Waals surface area (Å²) in [6.07, 6.45) is 1.04. The number of halogens is 1. The van der Waals surface area contributed by atoms with Crippen LogP contribution in [0.4, 0.5) is 0 Å². The number of hydrogen-bond donors (Lipinski definition) is 0. The molecule has 0 saturated carbocycles. The summed E-state index contributed by atoms with van der Waals surface area (Å²) in [5.74, 6) is 0.108. The zero-order valence-corrected chi connectivity index (χ0v) is 21.5. The molecule has 0 N–H and O–H groups in total. The van der Waals surface area contributed by atoms with Crippen LogP contribution in [0.2, 0.25) is 0 Å². The molecule has 0 spiro atoms. The summed E-state index contributed by atoms with van der Waals surface area (Å²) < 4.78 is 42.0. The molecule has 1 amide bonds. The maximum Gasteiger partial charge on any atom is 0.266 e. The van der Waals surface area contributed by atoms with E-state index in [1.54, 1.807) is 19.2 Å². The Bertz CT molecular complexity index is 1330. The number of carbonyl (C=O) groups is 1. The zero-order valence-electron chi connectivity index (χ0n) is 18.2. The summed E-state index contributed by atoms with van der Waals surface area (Å²) >= 11 is 4.87. The number of benzene rings is 2. The number of amides is 1. The van der Waals surface area contributed by atoms with Crippen LogP contribution >= 0.6 is 27.3 Å². The number of hydrogen-bond acceptors (Lipinski definition) is 6. The van der Waals surface area contributed by atoms with Crippen LogP contribution in [-0.2, 0) is 26.1 Å². The Morgan fingerprint density at radius 2 is 1.97 bits per heavy atom. The van der Waals surface area contributed by atoms with E-state index in [4.69, 9.17) is 9.47 Å². The number of sulfonamides is 1. The van der Waals surface area contributed by atoms with Crippen molar-refractivity contribution in [1.82, 2.24) is 8.87 Å². The maximum absolute atomic E-state index is 13.3. The van der Waals surface area contributed by atoms with E-state index in [1.165, 1.54) is 34.9 Å². The highest BCUT2D eigenvalue weighted by molar-refractivity contribution is 9.10. The lowest BCUT2D eigenvalue weighted by molar-refractivity contribution is -0.121. The summed E-state index contributed by atoms with van der Waals surface area (Å²) in [5, 5.41) is 0. The van der Waals surface area contributed by atoms with Gasteiger partial charge in [0, 0.05) is 24.7 Å². The highest BCUT2D eigenvalue weighted by Gasteiger charge is 2.39. The number of thiazole rings is 1. The van der Waals surface area contributed by atoms with Gasteiger partial charge in [-0.1, -0.05) is 27.3 Å². The van der Waals surface area contributed by atoms with Crippen LogP contribution in [0.25, 0.3) is 10.2 Å². The average molecular weight is 554 g/mol. The lowest BCUT2D eigenvalue weighted by Crippen LogP contribution is -2.40. The molecule has 1 unspecified atom stereocenters. The molecule has 1 fully saturated rings. The predicted molar refractivity (Wildman–Crippen MR) is 130 cm³/mol. The number of carbonyl (C=O) groups excluding carboxylic acids is 1. The van der Waals surface area contributed by atoms with Crippen molar-refractivity contribution in [1.29, 1.82) is 0 Å². The summed E-state index contributed by atoms with van der Waals surface area (Å²) in [6, 6.07) is 11.2. The van der Waals surface area contributed by atoms with Gasteiger partial charge in [0.15, 0.2) is 4.80 Å². The second kappa shape index (κ2) is 10.1. The van der Waals surface area contributed by atoms with Crippen molar-refractivity contribution in [2.24, 2.45) is 4.99 Å². The number of nitrogens with zero attached hydrogens (tertiary/aromatic N) is 3. The van der Waals surface area contributed by atoms with Crippen LogP contribution in [0.15, 0.2) is 56.8 Å². The van der Waals surface area contributed by atoms with E-state index in [2.05, 4.69) is 20.9 Å². The van der Waals surface area contributed by atoms with E-state index < -0.39 is 22.0 Å². The molecule has 2 heterocycles. The largest absolute Gasteiger partial charge is 0.497 e. The Morgan fingerprint density at radius 3 is 2.67 bits per heavy atom. The van der Waals surface area contributed by atoms with Gasteiger partial charge in [-0.3, -0.25) is 4.79 Å². The maximum atomic E-state index is 13.3. The summed E-state index contributed by atoms with van der Waals surface area (Å²) in [7, 11) is -0.699. The minimum absolute atomic E-state index is 0.130. The molecule has 1 aliphatic heterocycles. The lowest BCUT2D eigenvalue weighted by atomic mass is 10.2. The van der Waals surface area contributed by atoms with Gasteiger partial charge in [-0.25, -0.2) is 8.42 Å². The number of ether oxygens (including phenoxy) is 2. The molecule has 1 atom stereocenters. The van der Waals surface area contributed by atoms with Gasteiger partial charge in [-0.15, -0.1) is 0 Å². The second-order valence-electron chi connectivity index (χ2n) is 7.54. The topological polar surface area (TPSA) is 90.2 Å². The molecule has 0 bridgehead atoms. The molecule has 8 nitrogen and oxygen atoms in total. The summed E-state index contributed by atoms with van der Waals surface area (Å²) in [5.41, 5.74) is 0.945. The highest BCUT2D eigenvalue weighted by Crippen LogP contribution is 2.28. The minimum Gasteiger partial charge on any atom is -0.497 e. The SMILES string of the molecule is COCCn1c(=NC(=O)C2CCCN2S(=O)(=O)c2ccc(OC)cc2)sc2cc(Br)ccc21. The molecule has 4 rings (SSSR count). The lowest BCUT2D eigenvalue weighted by Gasteiger charge is -2.21. The van der Waals surface area contributed by atoms with E-state index in [-0.39, 0.29) is 11.4 Å². The highest BCUT2D eigenvalue weighted by atomic mass is 79.9. The fourth-order valence-corrected chi connectivity index (χ4v) is 7.12. The Morgan fingerprint density at radius 1 is 1.21 bits per heavy atom. The molecule has 1 saturated heterocycles. The van der Waals surface area contributed by atoms with E-state index in [1.807, 2.05) is 22.8 Å². The molecule has 11 heteroatoms. The summed E-state index contributed by atoms with van der Waals surface area (Å²) in [4.78, 5) is 18.3. The fraction of sp³-hybridized carbons (Fsp3) is 0.364. The zero-order chi connectivity index (χ0) is 23.6. The monoisotopic (exact) mass is 553 g/mol. The van der Waals surface area contributed by atoms with Gasteiger partial charge < -0.3 is 14.0 Å². The first-order chi connectivity index (χ1) is 15.8. The number of fused-ring (bicyclic) bond motifs is 1. The molecule has 1 aromatic heterocycles. The number of methoxy groups -OCH3 is 2. The first-order valence-corrected chi connectivity index (χ1v) is 13.4. The molecule has 33 heavy (non-hydrogen) atoms. The fourth-order valence-electron chi connectivity index (χ4n) is 3.86. The van der Waals surface area contributed by atoms with Gasteiger partial charge in [-0.05, 0) is 55.3 Å². The normalized spacial score (nSPS) is 17.7. The van der Waals surface area contributed by atoms with E-state index in [0.29, 0.717) is 36.5 Å². The Hall–Kier alpha value is -2.05. The van der Waals surface area contributed by atoms with Crippen LogP contribution < -0.4 is 9.54 Å². The number of rotatable bonds is 7. The van der Waals surface area contributed by atoms with Crippen molar-refractivity contribution in [3.63, 3.8) is 0 Å². The van der Waals surface area contributed by atoms with Gasteiger partial charge >= 0.3 is 0 Å². The molecule has 2 aromatic carbocycles. The molecule has 3 aromatic rings. The van der Waals surface area contributed by atoms with E-state index in [0.717, 1.165) is 14.7 Å². The van der Waals surface area contributed by atoms with Crippen LogP contribution in [0, 0.1) is 0 Å². The van der Waals surface area contributed by atoms with Gasteiger partial charge in [0.05, 0.1) is 28.8 Å². The first kappa shape index (κ1) is 24.1. The summed E-state index contributed by atoms with van der Waals surface area (Å²) in [6.45, 7) is 1.27. The third kappa shape index (κ3) is 4.92. The van der Waals surface area contributed by atoms with Gasteiger partial charge in [0.25, 0.3) is 5.91 Å². The first-order valence-electron chi connectivity index (χ1n) is 10.4. The van der Waals surface area contributed by atoms with Crippen LogP contribution in [-0.4, -0.2) is 56.6 Å². The minimum atomic E-state index is -3.84. The molecule has 176 valence electrons. The second-order valence-corrected chi connectivity index (χ2v) is 11.4. The van der Waals surface area contributed by atoms with Gasteiger partial charge in [0.2, 0.25) is 10.0 Å². The quantitative estimate of drug-likeness (QED) is 0.447. The third-order valence-electron chi connectivity index (χ3n) is 5.52. The third-order valence-corrected chi connectivity index (χ3v) is 8.98. The molecule has 1 aliphatic rings. The Labute approximate surface area is 204 Å². The Kier molecular flexibility index (Phi) is 7.34. The predicted octanol–water partition coefficient (Wildman–Crippen LogP) is 3.40. The van der Waals surface area contributed by atoms with Crippen LogP contribution in [0.5, 0.6) is 5.75 Å². The van der Waals surface area contributed by atoms with Gasteiger partial charge in [-0.2, -0.15) is 9.30 Å². The van der Waals surface area contributed by atoms with Gasteiger partial charge in [0.1, 0.15) is 11.8 Å². The standard InChI is InChI=1S/C22H24BrN3O5S2/c1-30-13-12-25-18-10-5-15(23)14-20(18)32-22(25)24-21(27)19-4-3-11-26(19)33(28,29)17-8-6-16(31-2)7-9-17/h5-10,14,19H,3-4,11-13H2,1-2H3. The molecular weight excluding hydrogens is 530 g/mol.